The topological polar surface area (TPSA) is 27.7 Å². The van der Waals surface area contributed by atoms with Gasteiger partial charge in [-0.1, -0.05) is 6.07 Å². The van der Waals surface area contributed by atoms with Crippen LogP contribution in [0, 0.1) is 12.7 Å². The Bertz CT molecular complexity index is 362. The molecule has 3 nitrogen and oxygen atoms in total. The van der Waals surface area contributed by atoms with Gasteiger partial charge >= 0.3 is 5.97 Å². The van der Waals surface area contributed by atoms with Gasteiger partial charge in [-0.05, 0) is 45.4 Å². The van der Waals surface area contributed by atoms with E-state index in [-0.39, 0.29) is 5.82 Å². The van der Waals surface area contributed by atoms with Crippen molar-refractivity contribution in [1.29, 1.82) is 0 Å². The second-order valence-electron chi connectivity index (χ2n) is 3.81. The summed E-state index contributed by atoms with van der Waals surface area (Å²) in [4.78, 5) is 0. The van der Waals surface area contributed by atoms with Crippen LogP contribution in [0.2, 0.25) is 0 Å². The smallest absolute Gasteiger partial charge is 0.312 e. The molecule has 0 aliphatic heterocycles. The van der Waals surface area contributed by atoms with Crippen LogP contribution >= 0.6 is 0 Å². The Morgan fingerprint density at radius 1 is 1.00 bits per heavy atom. The molecule has 0 radical (unpaired) electrons. The monoisotopic (exact) mass is 256 g/mol. The van der Waals surface area contributed by atoms with Crippen molar-refractivity contribution < 1.29 is 18.6 Å². The molecule has 0 aliphatic carbocycles. The summed E-state index contributed by atoms with van der Waals surface area (Å²) < 4.78 is 30.3. The van der Waals surface area contributed by atoms with Gasteiger partial charge in [0.2, 0.25) is 0 Å². The van der Waals surface area contributed by atoms with Crippen molar-refractivity contribution in [2.75, 3.05) is 19.8 Å². The summed E-state index contributed by atoms with van der Waals surface area (Å²) in [5.74, 6) is -1.65. The van der Waals surface area contributed by atoms with Crippen LogP contribution in [-0.2, 0) is 20.2 Å². The molecule has 0 saturated carbocycles. The van der Waals surface area contributed by atoms with E-state index < -0.39 is 5.97 Å². The molecule has 0 fully saturated rings. The van der Waals surface area contributed by atoms with Crippen molar-refractivity contribution in [3.05, 3.63) is 35.1 Å². The van der Waals surface area contributed by atoms with Crippen molar-refractivity contribution in [3.8, 4) is 0 Å². The summed E-state index contributed by atoms with van der Waals surface area (Å²) in [5.41, 5.74) is 1.44. The SMILES string of the molecule is CCOC(OCC)(OCC)c1cc(F)ccc1C. The lowest BCUT2D eigenvalue weighted by Crippen LogP contribution is -2.37. The Labute approximate surface area is 108 Å². The summed E-state index contributed by atoms with van der Waals surface area (Å²) in [5, 5.41) is 0. The molecule has 102 valence electrons. The Morgan fingerprint density at radius 3 is 1.94 bits per heavy atom. The van der Waals surface area contributed by atoms with E-state index in [1.165, 1.54) is 12.1 Å². The van der Waals surface area contributed by atoms with Crippen molar-refractivity contribution in [2.24, 2.45) is 0 Å². The fraction of sp³-hybridized carbons (Fsp3) is 0.571. The molecule has 0 atom stereocenters. The van der Waals surface area contributed by atoms with E-state index in [0.29, 0.717) is 25.4 Å². The van der Waals surface area contributed by atoms with E-state index in [0.717, 1.165) is 5.56 Å². The molecule has 0 aliphatic rings. The van der Waals surface area contributed by atoms with Gasteiger partial charge in [0.15, 0.2) is 0 Å². The van der Waals surface area contributed by atoms with E-state index in [1.54, 1.807) is 6.07 Å². The van der Waals surface area contributed by atoms with Gasteiger partial charge in [0.1, 0.15) is 5.82 Å². The summed E-state index contributed by atoms with van der Waals surface area (Å²) in [6.07, 6.45) is 0. The van der Waals surface area contributed by atoms with Crippen LogP contribution in [0.15, 0.2) is 18.2 Å². The molecular formula is C14H21FO3. The molecule has 0 aromatic heterocycles. The molecule has 4 heteroatoms. The van der Waals surface area contributed by atoms with Crippen LogP contribution in [0.4, 0.5) is 4.39 Å². The van der Waals surface area contributed by atoms with E-state index in [9.17, 15) is 4.39 Å². The van der Waals surface area contributed by atoms with Gasteiger partial charge in [-0.15, -0.1) is 0 Å². The summed E-state index contributed by atoms with van der Waals surface area (Å²) in [7, 11) is 0. The fourth-order valence-electron chi connectivity index (χ4n) is 1.85. The summed E-state index contributed by atoms with van der Waals surface area (Å²) in [6.45, 7) is 8.66. The maximum absolute atomic E-state index is 13.4. The second-order valence-corrected chi connectivity index (χ2v) is 3.81. The van der Waals surface area contributed by atoms with Gasteiger partial charge in [0, 0.05) is 25.4 Å². The Hall–Kier alpha value is -0.970. The van der Waals surface area contributed by atoms with Crippen molar-refractivity contribution >= 4 is 0 Å². The Balaban J connectivity index is 3.24. The Morgan fingerprint density at radius 2 is 1.50 bits per heavy atom. The number of rotatable bonds is 7. The highest BCUT2D eigenvalue weighted by Crippen LogP contribution is 2.32. The number of hydrogen-bond donors (Lipinski definition) is 0. The van der Waals surface area contributed by atoms with Crippen LogP contribution < -0.4 is 0 Å². The molecule has 0 saturated heterocycles. The van der Waals surface area contributed by atoms with Crippen LogP contribution in [0.3, 0.4) is 0 Å². The molecule has 1 aromatic carbocycles. The van der Waals surface area contributed by atoms with Gasteiger partial charge in [0.05, 0.1) is 0 Å². The molecular weight excluding hydrogens is 235 g/mol. The number of aryl methyl sites for hydroxylation is 1. The van der Waals surface area contributed by atoms with Gasteiger partial charge in [0.25, 0.3) is 0 Å². The first-order chi connectivity index (χ1) is 8.59. The zero-order chi connectivity index (χ0) is 13.6. The minimum absolute atomic E-state index is 0.334. The predicted molar refractivity (Wildman–Crippen MR) is 67.7 cm³/mol. The standard InChI is InChI=1S/C14H21FO3/c1-5-16-14(17-6-2,18-7-3)13-10-12(15)9-8-11(13)4/h8-10H,5-7H2,1-4H3. The molecule has 1 rings (SSSR count). The van der Waals surface area contributed by atoms with Crippen molar-refractivity contribution in [3.63, 3.8) is 0 Å². The molecule has 0 N–H and O–H groups in total. The van der Waals surface area contributed by atoms with Crippen molar-refractivity contribution in [2.45, 2.75) is 33.7 Å². The number of ether oxygens (including phenoxy) is 3. The maximum Gasteiger partial charge on any atom is 0.312 e. The molecule has 0 heterocycles. The molecule has 0 bridgehead atoms. The van der Waals surface area contributed by atoms with Gasteiger partial charge in [-0.25, -0.2) is 4.39 Å². The molecule has 0 unspecified atom stereocenters. The average molecular weight is 256 g/mol. The maximum atomic E-state index is 13.4. The van der Waals surface area contributed by atoms with Gasteiger partial charge in [-0.3, -0.25) is 0 Å². The highest BCUT2D eigenvalue weighted by molar-refractivity contribution is 5.29. The third-order valence-electron chi connectivity index (χ3n) is 2.53. The largest absolute Gasteiger partial charge is 0.324 e. The number of benzene rings is 1. The van der Waals surface area contributed by atoms with E-state index in [2.05, 4.69) is 0 Å². The Kier molecular flexibility index (Phi) is 5.72. The highest BCUT2D eigenvalue weighted by atomic mass is 19.1. The van der Waals surface area contributed by atoms with Crippen LogP contribution in [0.1, 0.15) is 31.9 Å². The second kappa shape index (κ2) is 6.83. The summed E-state index contributed by atoms with van der Waals surface area (Å²) in [6, 6.07) is 4.50. The first-order valence-corrected chi connectivity index (χ1v) is 6.28. The van der Waals surface area contributed by atoms with Crippen LogP contribution in [0.5, 0.6) is 0 Å². The first-order valence-electron chi connectivity index (χ1n) is 6.28. The minimum Gasteiger partial charge on any atom is -0.324 e. The fourth-order valence-corrected chi connectivity index (χ4v) is 1.85. The molecule has 0 spiro atoms. The third kappa shape index (κ3) is 3.28. The first kappa shape index (κ1) is 15.1. The lowest BCUT2D eigenvalue weighted by atomic mass is 10.1. The zero-order valence-electron chi connectivity index (χ0n) is 11.5. The lowest BCUT2D eigenvalue weighted by Gasteiger charge is -2.33. The predicted octanol–water partition coefficient (Wildman–Crippen LogP) is 3.35. The molecule has 0 amide bonds. The number of halogens is 1. The van der Waals surface area contributed by atoms with Gasteiger partial charge in [-0.2, -0.15) is 0 Å². The quantitative estimate of drug-likeness (QED) is 0.700. The lowest BCUT2D eigenvalue weighted by molar-refractivity contribution is -0.389. The zero-order valence-corrected chi connectivity index (χ0v) is 11.5. The van der Waals surface area contributed by atoms with Crippen LogP contribution in [-0.4, -0.2) is 19.8 Å². The third-order valence-corrected chi connectivity index (χ3v) is 2.53. The van der Waals surface area contributed by atoms with E-state index in [4.69, 9.17) is 14.2 Å². The van der Waals surface area contributed by atoms with Gasteiger partial charge < -0.3 is 14.2 Å². The molecule has 1 aromatic rings. The van der Waals surface area contributed by atoms with Crippen LogP contribution in [0.25, 0.3) is 0 Å². The van der Waals surface area contributed by atoms with E-state index >= 15 is 0 Å². The van der Waals surface area contributed by atoms with Crippen molar-refractivity contribution in [1.82, 2.24) is 0 Å². The molecule has 18 heavy (non-hydrogen) atoms. The minimum atomic E-state index is -1.32. The highest BCUT2D eigenvalue weighted by Gasteiger charge is 2.36. The summed E-state index contributed by atoms with van der Waals surface area (Å²) >= 11 is 0. The average Bonchev–Trinajstić information content (AvgIpc) is 2.33. The normalized spacial score (nSPS) is 11.8. The number of hydrogen-bond acceptors (Lipinski definition) is 3. The van der Waals surface area contributed by atoms with E-state index in [1.807, 2.05) is 27.7 Å².